The van der Waals surface area contributed by atoms with Crippen molar-refractivity contribution in [2.75, 3.05) is 12.3 Å². The summed E-state index contributed by atoms with van der Waals surface area (Å²) in [6, 6.07) is 2.66. The van der Waals surface area contributed by atoms with E-state index in [0.29, 0.717) is 18.1 Å². The predicted molar refractivity (Wildman–Crippen MR) is 66.6 cm³/mol. The Morgan fingerprint density at radius 3 is 2.89 bits per heavy atom. The first-order valence-electron chi connectivity index (χ1n) is 5.48. The molecule has 0 saturated carbocycles. The number of nitrogens with one attached hydrogen (secondary N) is 1. The van der Waals surface area contributed by atoms with Crippen molar-refractivity contribution in [3.8, 4) is 0 Å². The van der Waals surface area contributed by atoms with Crippen LogP contribution in [-0.4, -0.2) is 30.1 Å². The Labute approximate surface area is 110 Å². The summed E-state index contributed by atoms with van der Waals surface area (Å²) in [7, 11) is -3.61. The minimum atomic E-state index is -3.61. The maximum Gasteiger partial charge on any atom is 0.240 e. The van der Waals surface area contributed by atoms with Crippen molar-refractivity contribution in [2.24, 2.45) is 0 Å². The van der Waals surface area contributed by atoms with Gasteiger partial charge in [-0.25, -0.2) is 18.1 Å². The summed E-state index contributed by atoms with van der Waals surface area (Å²) in [5.74, 6) is 1.05. The number of nitrogens with two attached hydrogens (primary N) is 1. The number of nitrogen functional groups attached to an aromatic ring is 1. The molecular weight excluding hydrogens is 270 g/mol. The summed E-state index contributed by atoms with van der Waals surface area (Å²) >= 11 is 0. The second-order valence-electron chi connectivity index (χ2n) is 3.80. The molecule has 19 heavy (non-hydrogen) atoms. The first kappa shape index (κ1) is 13.4. The fourth-order valence-corrected chi connectivity index (χ4v) is 2.47. The highest BCUT2D eigenvalue weighted by Gasteiger charge is 2.14. The summed E-state index contributed by atoms with van der Waals surface area (Å²) < 4.78 is 31.1. The number of aryl methyl sites for hydroxylation is 1. The number of rotatable bonds is 5. The fourth-order valence-electron chi connectivity index (χ4n) is 1.41. The van der Waals surface area contributed by atoms with E-state index in [4.69, 9.17) is 10.3 Å². The van der Waals surface area contributed by atoms with Crippen molar-refractivity contribution in [1.82, 2.24) is 19.8 Å². The third-order valence-electron chi connectivity index (χ3n) is 2.26. The molecule has 0 amide bonds. The van der Waals surface area contributed by atoms with Crippen molar-refractivity contribution < 1.29 is 12.9 Å². The minimum absolute atomic E-state index is 0.0710. The molecule has 2 aromatic heterocycles. The molecule has 0 spiro atoms. The van der Waals surface area contributed by atoms with Gasteiger partial charge in [-0.3, -0.25) is 0 Å². The number of hydrogen-bond acceptors (Lipinski definition) is 7. The van der Waals surface area contributed by atoms with Gasteiger partial charge in [0.1, 0.15) is 5.82 Å². The molecule has 0 aliphatic rings. The molecule has 9 heteroatoms. The van der Waals surface area contributed by atoms with Gasteiger partial charge in [0, 0.05) is 25.2 Å². The highest BCUT2D eigenvalue weighted by molar-refractivity contribution is 7.89. The van der Waals surface area contributed by atoms with Crippen LogP contribution in [0.2, 0.25) is 0 Å². The number of nitrogens with zero attached hydrogens (tertiary/aromatic N) is 3. The first-order chi connectivity index (χ1) is 8.97. The molecule has 0 aromatic carbocycles. The van der Waals surface area contributed by atoms with Gasteiger partial charge in [-0.05, 0) is 13.0 Å². The van der Waals surface area contributed by atoms with Gasteiger partial charge in [-0.1, -0.05) is 5.16 Å². The lowest BCUT2D eigenvalue weighted by atomic mass is 10.4. The lowest BCUT2D eigenvalue weighted by molar-refractivity contribution is 0.375. The van der Waals surface area contributed by atoms with E-state index < -0.39 is 10.0 Å². The zero-order valence-corrected chi connectivity index (χ0v) is 11.0. The lowest BCUT2D eigenvalue weighted by Crippen LogP contribution is -2.26. The Kier molecular flexibility index (Phi) is 3.76. The average molecular weight is 283 g/mol. The van der Waals surface area contributed by atoms with Crippen LogP contribution >= 0.6 is 0 Å². The van der Waals surface area contributed by atoms with Crippen LogP contribution in [0.5, 0.6) is 0 Å². The van der Waals surface area contributed by atoms with E-state index in [1.54, 1.807) is 6.92 Å². The fraction of sp³-hybridized carbons (Fsp3) is 0.300. The molecule has 102 valence electrons. The van der Waals surface area contributed by atoms with Crippen LogP contribution in [0.15, 0.2) is 27.7 Å². The van der Waals surface area contributed by atoms with Crippen molar-refractivity contribution in [1.29, 1.82) is 0 Å². The highest BCUT2D eigenvalue weighted by Crippen LogP contribution is 2.10. The molecule has 2 rings (SSSR count). The quantitative estimate of drug-likeness (QED) is 0.783. The summed E-state index contributed by atoms with van der Waals surface area (Å²) in [5.41, 5.74) is 5.44. The maximum absolute atomic E-state index is 11.9. The monoisotopic (exact) mass is 283 g/mol. The van der Waals surface area contributed by atoms with Crippen LogP contribution in [0.4, 0.5) is 5.82 Å². The second-order valence-corrected chi connectivity index (χ2v) is 5.57. The molecule has 0 atom stereocenters. The zero-order valence-electron chi connectivity index (χ0n) is 10.2. The molecule has 0 bridgehead atoms. The number of pyridine rings is 1. The molecule has 0 radical (unpaired) electrons. The Balaban J connectivity index is 1.98. The van der Waals surface area contributed by atoms with Crippen molar-refractivity contribution in [3.05, 3.63) is 30.0 Å². The molecule has 0 fully saturated rings. The van der Waals surface area contributed by atoms with E-state index in [2.05, 4.69) is 19.8 Å². The smallest absolute Gasteiger partial charge is 0.240 e. The van der Waals surface area contributed by atoms with Gasteiger partial charge >= 0.3 is 0 Å². The number of aromatic nitrogens is 3. The van der Waals surface area contributed by atoms with Crippen LogP contribution in [-0.2, 0) is 16.4 Å². The third-order valence-corrected chi connectivity index (χ3v) is 3.72. The molecule has 2 aromatic rings. The second kappa shape index (κ2) is 5.33. The van der Waals surface area contributed by atoms with Gasteiger partial charge in [0.15, 0.2) is 5.82 Å². The first-order valence-corrected chi connectivity index (χ1v) is 6.96. The minimum Gasteiger partial charge on any atom is -0.384 e. The van der Waals surface area contributed by atoms with Gasteiger partial charge in [-0.15, -0.1) is 0 Å². The normalized spacial score (nSPS) is 11.6. The zero-order chi connectivity index (χ0) is 13.9. The molecule has 8 nitrogen and oxygen atoms in total. The summed E-state index contributed by atoms with van der Waals surface area (Å²) in [6.45, 7) is 1.85. The van der Waals surface area contributed by atoms with Crippen LogP contribution in [0.25, 0.3) is 0 Å². The van der Waals surface area contributed by atoms with Gasteiger partial charge in [0.25, 0.3) is 0 Å². The Hall–Kier alpha value is -2.00. The summed E-state index contributed by atoms with van der Waals surface area (Å²) in [6.07, 6.45) is 1.66. The van der Waals surface area contributed by atoms with E-state index in [0.717, 1.165) is 0 Å². The molecule has 0 unspecified atom stereocenters. The van der Waals surface area contributed by atoms with Crippen LogP contribution in [0.3, 0.4) is 0 Å². The van der Waals surface area contributed by atoms with Gasteiger partial charge in [0.05, 0.1) is 4.90 Å². The van der Waals surface area contributed by atoms with Crippen molar-refractivity contribution in [2.45, 2.75) is 18.2 Å². The average Bonchev–Trinajstić information content (AvgIpc) is 2.75. The van der Waals surface area contributed by atoms with Crippen molar-refractivity contribution >= 4 is 15.8 Å². The van der Waals surface area contributed by atoms with Crippen LogP contribution in [0, 0.1) is 6.92 Å². The Morgan fingerprint density at radius 2 is 2.26 bits per heavy atom. The Bertz CT molecular complexity index is 667. The van der Waals surface area contributed by atoms with Gasteiger partial charge < -0.3 is 10.3 Å². The summed E-state index contributed by atoms with van der Waals surface area (Å²) in [5, 5.41) is 3.61. The van der Waals surface area contributed by atoms with Crippen molar-refractivity contribution in [3.63, 3.8) is 0 Å². The van der Waals surface area contributed by atoms with E-state index in [-0.39, 0.29) is 17.3 Å². The molecule has 0 aliphatic heterocycles. The number of anilines is 1. The SMILES string of the molecule is Cc1noc(CCNS(=O)(=O)c2ccnc(N)c2)n1. The number of hydrogen-bond donors (Lipinski definition) is 2. The van der Waals surface area contributed by atoms with Gasteiger partial charge in [0.2, 0.25) is 15.9 Å². The summed E-state index contributed by atoms with van der Waals surface area (Å²) in [4.78, 5) is 7.78. The molecule has 0 aliphatic carbocycles. The highest BCUT2D eigenvalue weighted by atomic mass is 32.2. The lowest BCUT2D eigenvalue weighted by Gasteiger charge is -2.05. The standard InChI is InChI=1S/C10H13N5O3S/c1-7-14-10(18-15-7)3-5-13-19(16,17)8-2-4-12-9(11)6-8/h2,4,6,13H,3,5H2,1H3,(H2,11,12). The van der Waals surface area contributed by atoms with E-state index in [1.165, 1.54) is 18.3 Å². The third kappa shape index (κ3) is 3.48. The van der Waals surface area contributed by atoms with E-state index in [1.807, 2.05) is 0 Å². The largest absolute Gasteiger partial charge is 0.384 e. The molecule has 3 N–H and O–H groups in total. The predicted octanol–water partition coefficient (Wildman–Crippen LogP) is -0.124. The maximum atomic E-state index is 11.9. The number of sulfonamides is 1. The Morgan fingerprint density at radius 1 is 1.47 bits per heavy atom. The molecule has 2 heterocycles. The van der Waals surface area contributed by atoms with Crippen LogP contribution < -0.4 is 10.5 Å². The molecular formula is C10H13N5O3S. The van der Waals surface area contributed by atoms with Gasteiger partial charge in [-0.2, -0.15) is 4.98 Å². The van der Waals surface area contributed by atoms with E-state index in [9.17, 15) is 8.42 Å². The van der Waals surface area contributed by atoms with E-state index >= 15 is 0 Å². The molecule has 0 saturated heterocycles. The topological polar surface area (TPSA) is 124 Å². The van der Waals surface area contributed by atoms with Crippen LogP contribution in [0.1, 0.15) is 11.7 Å².